The van der Waals surface area contributed by atoms with Crippen molar-refractivity contribution in [3.8, 4) is 5.75 Å². The number of hydrogen-bond acceptors (Lipinski definition) is 6. The van der Waals surface area contributed by atoms with E-state index in [1.165, 1.54) is 24.3 Å². The van der Waals surface area contributed by atoms with Gasteiger partial charge in [-0.15, -0.1) is 10.2 Å². The maximum atomic E-state index is 12.9. The number of carbonyl (C=O) groups excluding carboxylic acids is 1. The van der Waals surface area contributed by atoms with E-state index in [9.17, 15) is 9.18 Å². The number of rotatable bonds is 7. The summed E-state index contributed by atoms with van der Waals surface area (Å²) < 4.78 is 23.8. The van der Waals surface area contributed by atoms with E-state index >= 15 is 0 Å². The predicted molar refractivity (Wildman–Crippen MR) is 100 cm³/mol. The lowest BCUT2D eigenvalue weighted by Crippen LogP contribution is -2.22. The van der Waals surface area contributed by atoms with E-state index in [1.807, 2.05) is 0 Å². The molecule has 1 amide bonds. The Kier molecular flexibility index (Phi) is 6.31. The Balaban J connectivity index is 1.50. The second-order valence-corrected chi connectivity index (χ2v) is 7.19. The highest BCUT2D eigenvalue weighted by Crippen LogP contribution is 2.24. The highest BCUT2D eigenvalue weighted by molar-refractivity contribution is 8.00. The minimum Gasteiger partial charge on any atom is -0.484 e. The van der Waals surface area contributed by atoms with Crippen LogP contribution < -0.4 is 10.1 Å². The molecule has 0 spiro atoms. The summed E-state index contributed by atoms with van der Waals surface area (Å²) in [6.45, 7) is 1.78. The highest BCUT2D eigenvalue weighted by atomic mass is 35.5. The van der Waals surface area contributed by atoms with Crippen LogP contribution in [0.2, 0.25) is 5.02 Å². The molecule has 140 valence electrons. The van der Waals surface area contributed by atoms with Crippen molar-refractivity contribution in [2.75, 3.05) is 5.32 Å². The summed E-state index contributed by atoms with van der Waals surface area (Å²) in [5.74, 6) is 0.195. The fraction of sp³-hybridized carbons (Fsp3) is 0.167. The normalized spacial score (nSPS) is 11.8. The third-order valence-electron chi connectivity index (χ3n) is 3.38. The van der Waals surface area contributed by atoms with Crippen molar-refractivity contribution in [1.82, 2.24) is 10.2 Å². The van der Waals surface area contributed by atoms with Crippen molar-refractivity contribution in [3.05, 3.63) is 65.3 Å². The van der Waals surface area contributed by atoms with Gasteiger partial charge < -0.3 is 14.5 Å². The molecule has 0 saturated carbocycles. The number of benzene rings is 2. The monoisotopic (exact) mass is 407 g/mol. The van der Waals surface area contributed by atoms with E-state index in [0.29, 0.717) is 16.5 Å². The number of anilines is 1. The molecule has 1 atom stereocenters. The van der Waals surface area contributed by atoms with E-state index in [4.69, 9.17) is 20.8 Å². The molecule has 1 heterocycles. The molecule has 3 rings (SSSR count). The van der Waals surface area contributed by atoms with Gasteiger partial charge in [0.05, 0.1) is 5.25 Å². The molecule has 1 N–H and O–H groups in total. The Labute approximate surface area is 164 Å². The molecular formula is C18H15ClFN3O3S. The molecular weight excluding hydrogens is 393 g/mol. The molecule has 27 heavy (non-hydrogen) atoms. The van der Waals surface area contributed by atoms with E-state index in [2.05, 4.69) is 15.5 Å². The molecule has 0 aliphatic heterocycles. The maximum Gasteiger partial charge on any atom is 0.277 e. The van der Waals surface area contributed by atoms with Crippen LogP contribution in [-0.4, -0.2) is 21.4 Å². The molecule has 0 fully saturated rings. The first-order valence-corrected chi connectivity index (χ1v) is 9.19. The lowest BCUT2D eigenvalue weighted by Gasteiger charge is -2.09. The zero-order valence-electron chi connectivity index (χ0n) is 14.2. The molecule has 0 saturated heterocycles. The SMILES string of the molecule is C[C@@H](Sc1nnc(COc2ccc(F)cc2)o1)C(=O)Nc1ccc(Cl)cc1. The van der Waals surface area contributed by atoms with Gasteiger partial charge >= 0.3 is 0 Å². The van der Waals surface area contributed by atoms with Crippen molar-refractivity contribution in [3.63, 3.8) is 0 Å². The van der Waals surface area contributed by atoms with Crippen LogP contribution in [0, 0.1) is 5.82 Å². The van der Waals surface area contributed by atoms with Gasteiger partial charge in [-0.05, 0) is 55.5 Å². The van der Waals surface area contributed by atoms with Crippen molar-refractivity contribution in [2.24, 2.45) is 0 Å². The summed E-state index contributed by atoms with van der Waals surface area (Å²) in [6, 6.07) is 12.4. The lowest BCUT2D eigenvalue weighted by molar-refractivity contribution is -0.115. The fourth-order valence-electron chi connectivity index (χ4n) is 2.00. The summed E-state index contributed by atoms with van der Waals surface area (Å²) in [6.07, 6.45) is 0. The Morgan fingerprint density at radius 1 is 1.22 bits per heavy atom. The molecule has 0 unspecified atom stereocenters. The third-order valence-corrected chi connectivity index (χ3v) is 4.57. The number of aromatic nitrogens is 2. The number of amides is 1. The van der Waals surface area contributed by atoms with Crippen LogP contribution in [0.15, 0.2) is 58.2 Å². The minimum absolute atomic E-state index is 0.0462. The molecule has 0 bridgehead atoms. The second-order valence-electron chi connectivity index (χ2n) is 5.46. The van der Waals surface area contributed by atoms with Crippen LogP contribution in [0.5, 0.6) is 5.75 Å². The Bertz CT molecular complexity index is 903. The standard InChI is InChI=1S/C18H15ClFN3O3S/c1-11(17(24)21-14-6-2-12(19)3-7-14)27-18-23-22-16(26-18)10-25-15-8-4-13(20)5-9-15/h2-9,11H,10H2,1H3,(H,21,24)/t11-/m1/s1. The number of nitrogens with zero attached hydrogens (tertiary/aromatic N) is 2. The number of ether oxygens (including phenoxy) is 1. The minimum atomic E-state index is -0.452. The maximum absolute atomic E-state index is 12.9. The van der Waals surface area contributed by atoms with Crippen molar-refractivity contribution in [1.29, 1.82) is 0 Å². The fourth-order valence-corrected chi connectivity index (χ4v) is 2.83. The number of nitrogens with one attached hydrogen (secondary N) is 1. The smallest absolute Gasteiger partial charge is 0.277 e. The van der Waals surface area contributed by atoms with Crippen LogP contribution in [-0.2, 0) is 11.4 Å². The van der Waals surface area contributed by atoms with Crippen LogP contribution in [0.4, 0.5) is 10.1 Å². The summed E-state index contributed by atoms with van der Waals surface area (Å²) in [4.78, 5) is 12.2. The molecule has 0 radical (unpaired) electrons. The molecule has 2 aromatic carbocycles. The zero-order chi connectivity index (χ0) is 19.2. The van der Waals surface area contributed by atoms with Crippen molar-refractivity contribution < 1.29 is 18.3 Å². The third kappa shape index (κ3) is 5.70. The van der Waals surface area contributed by atoms with E-state index in [-0.39, 0.29) is 29.4 Å². The van der Waals surface area contributed by atoms with Gasteiger partial charge in [0, 0.05) is 10.7 Å². The first-order chi connectivity index (χ1) is 13.0. The van der Waals surface area contributed by atoms with Gasteiger partial charge in [0.1, 0.15) is 11.6 Å². The molecule has 0 aliphatic rings. The van der Waals surface area contributed by atoms with Gasteiger partial charge in [0.15, 0.2) is 6.61 Å². The average Bonchev–Trinajstić information content (AvgIpc) is 3.10. The van der Waals surface area contributed by atoms with E-state index in [1.54, 1.807) is 31.2 Å². The highest BCUT2D eigenvalue weighted by Gasteiger charge is 2.18. The Morgan fingerprint density at radius 3 is 2.63 bits per heavy atom. The van der Waals surface area contributed by atoms with Crippen molar-refractivity contribution >= 4 is 35.0 Å². The molecule has 1 aromatic heterocycles. The number of halogens is 2. The Hall–Kier alpha value is -2.58. The van der Waals surface area contributed by atoms with Gasteiger partial charge in [-0.1, -0.05) is 23.4 Å². The predicted octanol–water partition coefficient (Wildman–Crippen LogP) is 4.56. The molecule has 0 aliphatic carbocycles. The van der Waals surface area contributed by atoms with Crippen LogP contribution >= 0.6 is 23.4 Å². The van der Waals surface area contributed by atoms with Crippen LogP contribution in [0.25, 0.3) is 0 Å². The largest absolute Gasteiger partial charge is 0.484 e. The molecule has 3 aromatic rings. The average molecular weight is 408 g/mol. The van der Waals surface area contributed by atoms with E-state index in [0.717, 1.165) is 11.8 Å². The van der Waals surface area contributed by atoms with Crippen LogP contribution in [0.1, 0.15) is 12.8 Å². The van der Waals surface area contributed by atoms with Gasteiger partial charge in [0.2, 0.25) is 5.91 Å². The van der Waals surface area contributed by atoms with Gasteiger partial charge in [0.25, 0.3) is 11.1 Å². The van der Waals surface area contributed by atoms with E-state index < -0.39 is 5.25 Å². The quantitative estimate of drug-likeness (QED) is 0.578. The van der Waals surface area contributed by atoms with Crippen LogP contribution in [0.3, 0.4) is 0 Å². The van der Waals surface area contributed by atoms with Gasteiger partial charge in [-0.3, -0.25) is 4.79 Å². The molecule has 6 nitrogen and oxygen atoms in total. The summed E-state index contributed by atoms with van der Waals surface area (Å²) >= 11 is 6.96. The van der Waals surface area contributed by atoms with Gasteiger partial charge in [-0.25, -0.2) is 4.39 Å². The summed E-state index contributed by atoms with van der Waals surface area (Å²) in [5, 5.41) is 10.9. The van der Waals surface area contributed by atoms with Gasteiger partial charge in [-0.2, -0.15) is 0 Å². The number of thioether (sulfide) groups is 1. The van der Waals surface area contributed by atoms with Crippen molar-refractivity contribution in [2.45, 2.75) is 24.0 Å². The topological polar surface area (TPSA) is 77.2 Å². The first kappa shape index (κ1) is 19.2. The molecule has 9 heteroatoms. The Morgan fingerprint density at radius 2 is 1.93 bits per heavy atom. The summed E-state index contributed by atoms with van der Waals surface area (Å²) in [7, 11) is 0. The number of carbonyl (C=O) groups is 1. The zero-order valence-corrected chi connectivity index (χ0v) is 15.8. The second kappa shape index (κ2) is 8.88. The first-order valence-electron chi connectivity index (χ1n) is 7.93. The lowest BCUT2D eigenvalue weighted by atomic mass is 10.3. The number of hydrogen-bond donors (Lipinski definition) is 1. The summed E-state index contributed by atoms with van der Waals surface area (Å²) in [5.41, 5.74) is 0.649.